The van der Waals surface area contributed by atoms with E-state index in [4.69, 9.17) is 15.0 Å². The molecule has 0 amide bonds. The van der Waals surface area contributed by atoms with Crippen LogP contribution in [0.4, 0.5) is 5.69 Å². The second kappa shape index (κ2) is 7.74. The summed E-state index contributed by atoms with van der Waals surface area (Å²) < 4.78 is 2.20. The molecule has 0 spiro atoms. The third kappa shape index (κ3) is 3.11. The maximum Gasteiger partial charge on any atom is 0.140 e. The van der Waals surface area contributed by atoms with Crippen molar-refractivity contribution in [1.82, 2.24) is 14.5 Å². The summed E-state index contributed by atoms with van der Waals surface area (Å²) in [5.41, 5.74) is 8.59. The molecule has 3 heterocycles. The van der Waals surface area contributed by atoms with Gasteiger partial charge in [-0.2, -0.15) is 0 Å². The van der Waals surface area contributed by atoms with Crippen LogP contribution in [0.15, 0.2) is 102 Å². The van der Waals surface area contributed by atoms with Gasteiger partial charge in [-0.1, -0.05) is 66.7 Å². The van der Waals surface area contributed by atoms with Crippen LogP contribution in [0.5, 0.6) is 0 Å². The summed E-state index contributed by atoms with van der Waals surface area (Å²) in [6.07, 6.45) is 8.61. The highest BCUT2D eigenvalue weighted by molar-refractivity contribution is 6.12. The SMILES string of the molecule is Cn1c(-c2ccc(-c3ccc4ccccc4c3)cc2)nc2c3c(c4ncccc4c21)N=CC=CC3. The zero-order chi connectivity index (χ0) is 23.4. The van der Waals surface area contributed by atoms with E-state index < -0.39 is 0 Å². The molecule has 0 aliphatic carbocycles. The topological polar surface area (TPSA) is 43.1 Å². The van der Waals surface area contributed by atoms with Crippen molar-refractivity contribution in [3.05, 3.63) is 103 Å². The van der Waals surface area contributed by atoms with Gasteiger partial charge in [-0.05, 0) is 52.6 Å². The number of aryl methyl sites for hydroxylation is 1. The van der Waals surface area contributed by atoms with Crippen LogP contribution < -0.4 is 0 Å². The van der Waals surface area contributed by atoms with Crippen LogP contribution in [-0.4, -0.2) is 20.7 Å². The van der Waals surface area contributed by atoms with Gasteiger partial charge in [0.05, 0.1) is 22.2 Å². The molecule has 1 aliphatic heterocycles. The number of allylic oxidation sites excluding steroid dienone is 2. The van der Waals surface area contributed by atoms with Crippen molar-refractivity contribution < 1.29 is 0 Å². The Kier molecular flexibility index (Phi) is 4.39. The van der Waals surface area contributed by atoms with Crippen molar-refractivity contribution in [3.8, 4) is 22.5 Å². The van der Waals surface area contributed by atoms with E-state index in [-0.39, 0.29) is 0 Å². The van der Waals surface area contributed by atoms with Crippen molar-refractivity contribution in [2.45, 2.75) is 6.42 Å². The third-order valence-electron chi connectivity index (χ3n) is 6.93. The Morgan fingerprint density at radius 2 is 1.57 bits per heavy atom. The monoisotopic (exact) mass is 450 g/mol. The Labute approximate surface area is 202 Å². The fourth-order valence-corrected chi connectivity index (χ4v) is 5.19. The first kappa shape index (κ1) is 19.9. The highest BCUT2D eigenvalue weighted by Crippen LogP contribution is 2.39. The minimum absolute atomic E-state index is 0.787. The zero-order valence-corrected chi connectivity index (χ0v) is 19.3. The molecule has 0 atom stereocenters. The van der Waals surface area contributed by atoms with Crippen LogP contribution in [-0.2, 0) is 13.5 Å². The lowest BCUT2D eigenvalue weighted by atomic mass is 10.0. The number of hydrogen-bond acceptors (Lipinski definition) is 3. The number of hydrogen-bond donors (Lipinski definition) is 0. The van der Waals surface area contributed by atoms with Gasteiger partial charge in [0.25, 0.3) is 0 Å². The summed E-state index contributed by atoms with van der Waals surface area (Å²) in [6, 6.07) is 27.9. The van der Waals surface area contributed by atoms with E-state index in [2.05, 4.69) is 90.5 Å². The first-order valence-corrected chi connectivity index (χ1v) is 11.8. The van der Waals surface area contributed by atoms with E-state index in [1.54, 1.807) is 0 Å². The van der Waals surface area contributed by atoms with Crippen molar-refractivity contribution in [3.63, 3.8) is 0 Å². The average Bonchev–Trinajstić information content (AvgIpc) is 3.08. The fourth-order valence-electron chi connectivity index (χ4n) is 5.19. The molecule has 4 nitrogen and oxygen atoms in total. The predicted molar refractivity (Wildman–Crippen MR) is 145 cm³/mol. The van der Waals surface area contributed by atoms with Crippen LogP contribution in [0.1, 0.15) is 5.56 Å². The molecule has 0 saturated carbocycles. The fraction of sp³-hybridized carbons (Fsp3) is 0.0645. The summed E-state index contributed by atoms with van der Waals surface area (Å²) in [5.74, 6) is 0.945. The summed E-state index contributed by atoms with van der Waals surface area (Å²) >= 11 is 0. The number of aromatic nitrogens is 3. The lowest BCUT2D eigenvalue weighted by molar-refractivity contribution is 0.962. The molecule has 35 heavy (non-hydrogen) atoms. The molecule has 6 aromatic rings. The van der Waals surface area contributed by atoms with Crippen molar-refractivity contribution in [2.24, 2.45) is 12.0 Å². The molecule has 0 saturated heterocycles. The van der Waals surface area contributed by atoms with Gasteiger partial charge in [-0.25, -0.2) is 4.98 Å². The van der Waals surface area contributed by atoms with Crippen LogP contribution in [0.25, 0.3) is 55.2 Å². The van der Waals surface area contributed by atoms with Crippen LogP contribution >= 0.6 is 0 Å². The minimum atomic E-state index is 0.787. The molecule has 0 bridgehead atoms. The molecule has 0 fully saturated rings. The van der Waals surface area contributed by atoms with Gasteiger partial charge in [-0.15, -0.1) is 0 Å². The summed E-state index contributed by atoms with van der Waals surface area (Å²) in [6.45, 7) is 0. The van der Waals surface area contributed by atoms with E-state index in [1.807, 2.05) is 24.6 Å². The van der Waals surface area contributed by atoms with E-state index in [0.29, 0.717) is 0 Å². The van der Waals surface area contributed by atoms with Crippen LogP contribution in [0.2, 0.25) is 0 Å². The van der Waals surface area contributed by atoms with Gasteiger partial charge in [-0.3, -0.25) is 9.98 Å². The summed E-state index contributed by atoms with van der Waals surface area (Å²) in [4.78, 5) is 14.6. The highest BCUT2D eigenvalue weighted by atomic mass is 15.1. The molecule has 4 heteroatoms. The minimum Gasteiger partial charge on any atom is -0.327 e. The Morgan fingerprint density at radius 3 is 2.46 bits per heavy atom. The lowest BCUT2D eigenvalue weighted by Gasteiger charge is -2.10. The highest BCUT2D eigenvalue weighted by Gasteiger charge is 2.21. The lowest BCUT2D eigenvalue weighted by Crippen LogP contribution is -1.94. The van der Waals surface area contributed by atoms with Gasteiger partial charge in [0.15, 0.2) is 0 Å². The van der Waals surface area contributed by atoms with E-state index in [1.165, 1.54) is 21.9 Å². The Balaban J connectivity index is 1.39. The zero-order valence-electron chi connectivity index (χ0n) is 19.3. The van der Waals surface area contributed by atoms with E-state index in [9.17, 15) is 0 Å². The molecule has 166 valence electrons. The molecule has 0 N–H and O–H groups in total. The first-order chi connectivity index (χ1) is 17.3. The van der Waals surface area contributed by atoms with Crippen LogP contribution in [0, 0.1) is 0 Å². The third-order valence-corrected chi connectivity index (χ3v) is 6.93. The molecule has 7 rings (SSSR count). The number of nitrogens with zero attached hydrogens (tertiary/aromatic N) is 4. The normalized spacial score (nSPS) is 12.9. The molecular formula is C31H22N4. The van der Waals surface area contributed by atoms with Crippen molar-refractivity contribution in [2.75, 3.05) is 0 Å². The maximum absolute atomic E-state index is 5.16. The molecule has 0 radical (unpaired) electrons. The van der Waals surface area contributed by atoms with Gasteiger partial charge >= 0.3 is 0 Å². The van der Waals surface area contributed by atoms with Crippen LogP contribution in [0.3, 0.4) is 0 Å². The van der Waals surface area contributed by atoms with Gasteiger partial charge in [0.1, 0.15) is 5.82 Å². The smallest absolute Gasteiger partial charge is 0.140 e. The quantitative estimate of drug-likeness (QED) is 0.275. The average molecular weight is 451 g/mol. The first-order valence-electron chi connectivity index (χ1n) is 11.8. The second-order valence-electron chi connectivity index (χ2n) is 8.97. The largest absolute Gasteiger partial charge is 0.327 e. The Morgan fingerprint density at radius 1 is 0.771 bits per heavy atom. The molecule has 4 aromatic carbocycles. The summed E-state index contributed by atoms with van der Waals surface area (Å²) in [7, 11) is 2.09. The predicted octanol–water partition coefficient (Wildman–Crippen LogP) is 7.42. The van der Waals surface area contributed by atoms with Crippen molar-refractivity contribution >= 4 is 44.6 Å². The maximum atomic E-state index is 5.16. The number of pyridine rings is 1. The van der Waals surface area contributed by atoms with Gasteiger partial charge < -0.3 is 4.57 Å². The second-order valence-corrected chi connectivity index (χ2v) is 8.97. The van der Waals surface area contributed by atoms with E-state index >= 15 is 0 Å². The molecular weight excluding hydrogens is 428 g/mol. The Hall–Kier alpha value is -4.57. The molecule has 2 aromatic heterocycles. The number of imidazole rings is 1. The number of benzene rings is 4. The number of fused-ring (bicyclic) bond motifs is 7. The van der Waals surface area contributed by atoms with Gasteiger partial charge in [0, 0.05) is 36.0 Å². The van der Waals surface area contributed by atoms with E-state index in [0.717, 1.165) is 51.0 Å². The molecule has 1 aliphatic rings. The van der Waals surface area contributed by atoms with Crippen molar-refractivity contribution in [1.29, 1.82) is 0 Å². The number of rotatable bonds is 2. The van der Waals surface area contributed by atoms with Gasteiger partial charge in [0.2, 0.25) is 0 Å². The summed E-state index contributed by atoms with van der Waals surface area (Å²) in [5, 5.41) is 3.59. The number of aliphatic imine (C=N–C) groups is 1. The molecule has 0 unspecified atom stereocenters. The standard InChI is InChI=1S/C31H22N4/c1-35-30-26-10-6-18-33-28(26)27-25(9-4-5-17-32-27)29(30)34-31(35)22-14-11-21(12-15-22)24-16-13-20-7-2-3-8-23(20)19-24/h2-8,10-19H,9H2,1H3. The Bertz CT molecular complexity index is 1820.